The van der Waals surface area contributed by atoms with Gasteiger partial charge in [-0.1, -0.05) is 17.7 Å². The Bertz CT molecular complexity index is 885. The molecule has 0 aliphatic heterocycles. The SMILES string of the molecule is Cc1ccc(S(=O)(=O)NCC(=O)OCCOc2ccc(C#N)cc2)cc1. The summed E-state index contributed by atoms with van der Waals surface area (Å²) in [4.78, 5) is 11.7. The first-order chi connectivity index (χ1) is 12.4. The minimum atomic E-state index is -3.76. The van der Waals surface area contributed by atoms with Crippen LogP contribution in [0.25, 0.3) is 0 Å². The first-order valence-corrected chi connectivity index (χ1v) is 9.24. The van der Waals surface area contributed by atoms with Crippen LogP contribution in [0.4, 0.5) is 0 Å². The van der Waals surface area contributed by atoms with Gasteiger partial charge in [0.2, 0.25) is 10.0 Å². The molecule has 0 aromatic heterocycles. The van der Waals surface area contributed by atoms with Crippen LogP contribution in [-0.2, 0) is 19.6 Å². The lowest BCUT2D eigenvalue weighted by molar-refractivity contribution is -0.142. The molecular weight excluding hydrogens is 356 g/mol. The van der Waals surface area contributed by atoms with Crippen molar-refractivity contribution in [2.24, 2.45) is 0 Å². The van der Waals surface area contributed by atoms with Crippen molar-refractivity contribution in [1.82, 2.24) is 4.72 Å². The number of benzene rings is 2. The molecule has 0 amide bonds. The fraction of sp³-hybridized carbons (Fsp3) is 0.222. The summed E-state index contributed by atoms with van der Waals surface area (Å²) >= 11 is 0. The Hall–Kier alpha value is -2.89. The fourth-order valence-electron chi connectivity index (χ4n) is 1.95. The van der Waals surface area contributed by atoms with E-state index < -0.39 is 22.5 Å². The maximum absolute atomic E-state index is 12.0. The largest absolute Gasteiger partial charge is 0.490 e. The van der Waals surface area contributed by atoms with Crippen molar-refractivity contribution in [2.45, 2.75) is 11.8 Å². The van der Waals surface area contributed by atoms with Gasteiger partial charge in [0.15, 0.2) is 0 Å². The molecule has 0 heterocycles. The number of nitriles is 1. The van der Waals surface area contributed by atoms with Crippen LogP contribution in [0.2, 0.25) is 0 Å². The molecule has 0 saturated heterocycles. The number of aryl methyl sites for hydroxylation is 1. The van der Waals surface area contributed by atoms with Crippen LogP contribution < -0.4 is 9.46 Å². The molecule has 7 nitrogen and oxygen atoms in total. The summed E-state index contributed by atoms with van der Waals surface area (Å²) in [5, 5.41) is 8.70. The number of rotatable bonds is 8. The Balaban J connectivity index is 1.71. The van der Waals surface area contributed by atoms with Gasteiger partial charge in [0.1, 0.15) is 25.5 Å². The number of nitrogens with one attached hydrogen (secondary N) is 1. The van der Waals surface area contributed by atoms with Crippen molar-refractivity contribution >= 4 is 16.0 Å². The van der Waals surface area contributed by atoms with E-state index in [4.69, 9.17) is 14.7 Å². The lowest BCUT2D eigenvalue weighted by atomic mass is 10.2. The molecule has 0 unspecified atom stereocenters. The van der Waals surface area contributed by atoms with Gasteiger partial charge in [-0.05, 0) is 43.3 Å². The number of sulfonamides is 1. The number of esters is 1. The van der Waals surface area contributed by atoms with Crippen LogP contribution >= 0.6 is 0 Å². The number of carbonyl (C=O) groups excluding carboxylic acids is 1. The zero-order valence-electron chi connectivity index (χ0n) is 14.1. The van der Waals surface area contributed by atoms with Crippen molar-refractivity contribution in [1.29, 1.82) is 5.26 Å². The molecule has 2 rings (SSSR count). The molecule has 0 atom stereocenters. The average molecular weight is 374 g/mol. The van der Waals surface area contributed by atoms with E-state index in [1.54, 1.807) is 36.4 Å². The van der Waals surface area contributed by atoms with E-state index in [0.717, 1.165) is 5.56 Å². The van der Waals surface area contributed by atoms with E-state index in [1.807, 2.05) is 13.0 Å². The fourth-order valence-corrected chi connectivity index (χ4v) is 2.92. The van der Waals surface area contributed by atoms with E-state index in [2.05, 4.69) is 4.72 Å². The van der Waals surface area contributed by atoms with Crippen LogP contribution in [0.3, 0.4) is 0 Å². The van der Waals surface area contributed by atoms with Gasteiger partial charge in [0.05, 0.1) is 16.5 Å². The van der Waals surface area contributed by atoms with Crippen LogP contribution in [-0.4, -0.2) is 34.1 Å². The summed E-state index contributed by atoms with van der Waals surface area (Å²) in [5.41, 5.74) is 1.45. The van der Waals surface area contributed by atoms with Crippen LogP contribution in [0.1, 0.15) is 11.1 Å². The van der Waals surface area contributed by atoms with Crippen LogP contribution in [0, 0.1) is 18.3 Å². The highest BCUT2D eigenvalue weighted by atomic mass is 32.2. The maximum Gasteiger partial charge on any atom is 0.321 e. The monoisotopic (exact) mass is 374 g/mol. The number of carbonyl (C=O) groups is 1. The average Bonchev–Trinajstić information content (AvgIpc) is 2.64. The van der Waals surface area contributed by atoms with Gasteiger partial charge in [0, 0.05) is 0 Å². The first-order valence-electron chi connectivity index (χ1n) is 7.75. The second-order valence-electron chi connectivity index (χ2n) is 5.34. The third-order valence-electron chi connectivity index (χ3n) is 3.34. The standard InChI is InChI=1S/C18H18N2O5S/c1-14-2-8-17(9-3-14)26(22,23)20-13-18(21)25-11-10-24-16-6-4-15(12-19)5-7-16/h2-9,20H,10-11,13H2,1H3. The van der Waals surface area contributed by atoms with Gasteiger partial charge >= 0.3 is 5.97 Å². The zero-order valence-corrected chi connectivity index (χ0v) is 15.0. The normalized spacial score (nSPS) is 10.8. The van der Waals surface area contributed by atoms with E-state index in [0.29, 0.717) is 11.3 Å². The van der Waals surface area contributed by atoms with E-state index in [1.165, 1.54) is 12.1 Å². The van der Waals surface area contributed by atoms with Crippen molar-refractivity contribution in [3.8, 4) is 11.8 Å². The molecule has 0 aliphatic carbocycles. The van der Waals surface area contributed by atoms with E-state index >= 15 is 0 Å². The Morgan fingerprint density at radius 2 is 1.73 bits per heavy atom. The molecule has 0 spiro atoms. The number of hydrogen-bond donors (Lipinski definition) is 1. The summed E-state index contributed by atoms with van der Waals surface area (Å²) < 4.78 is 36.6. The molecule has 0 aliphatic rings. The first kappa shape index (κ1) is 19.4. The molecule has 2 aromatic rings. The van der Waals surface area contributed by atoms with Gasteiger partial charge in [0.25, 0.3) is 0 Å². The Morgan fingerprint density at radius 3 is 2.35 bits per heavy atom. The highest BCUT2D eigenvalue weighted by Gasteiger charge is 2.15. The van der Waals surface area contributed by atoms with Crippen molar-refractivity contribution in [3.05, 3.63) is 59.7 Å². The predicted octanol–water partition coefficient (Wildman–Crippen LogP) is 1.77. The number of ether oxygens (including phenoxy) is 2. The van der Waals surface area contributed by atoms with Gasteiger partial charge in [-0.2, -0.15) is 9.98 Å². The lowest BCUT2D eigenvalue weighted by Crippen LogP contribution is -2.31. The number of nitrogens with zero attached hydrogens (tertiary/aromatic N) is 1. The maximum atomic E-state index is 12.0. The van der Waals surface area contributed by atoms with Crippen molar-refractivity contribution in [2.75, 3.05) is 19.8 Å². The molecule has 136 valence electrons. The summed E-state index contributed by atoms with van der Waals surface area (Å²) in [7, 11) is -3.76. The molecule has 0 bridgehead atoms. The van der Waals surface area contributed by atoms with Gasteiger partial charge in [-0.3, -0.25) is 4.79 Å². The molecule has 0 radical (unpaired) electrons. The van der Waals surface area contributed by atoms with E-state index in [9.17, 15) is 13.2 Å². The topological polar surface area (TPSA) is 105 Å². The summed E-state index contributed by atoms with van der Waals surface area (Å²) in [6.07, 6.45) is 0. The Kier molecular flexibility index (Phi) is 6.72. The van der Waals surface area contributed by atoms with Crippen molar-refractivity contribution in [3.63, 3.8) is 0 Å². The zero-order chi connectivity index (χ0) is 19.0. The second kappa shape index (κ2) is 8.99. The molecule has 1 N–H and O–H groups in total. The van der Waals surface area contributed by atoms with Crippen molar-refractivity contribution < 1.29 is 22.7 Å². The second-order valence-corrected chi connectivity index (χ2v) is 7.11. The molecule has 0 fully saturated rings. The predicted molar refractivity (Wildman–Crippen MR) is 94.0 cm³/mol. The number of hydrogen-bond acceptors (Lipinski definition) is 6. The molecule has 8 heteroatoms. The van der Waals surface area contributed by atoms with Crippen LogP contribution in [0.5, 0.6) is 5.75 Å². The Morgan fingerprint density at radius 1 is 1.08 bits per heavy atom. The molecule has 2 aromatic carbocycles. The minimum Gasteiger partial charge on any atom is -0.490 e. The highest BCUT2D eigenvalue weighted by molar-refractivity contribution is 7.89. The van der Waals surface area contributed by atoms with Gasteiger partial charge in [-0.25, -0.2) is 8.42 Å². The smallest absolute Gasteiger partial charge is 0.321 e. The highest BCUT2D eigenvalue weighted by Crippen LogP contribution is 2.11. The summed E-state index contributed by atoms with van der Waals surface area (Å²) in [6, 6.07) is 14.8. The summed E-state index contributed by atoms with van der Waals surface area (Å²) in [6.45, 7) is 1.47. The third kappa shape index (κ3) is 5.88. The van der Waals surface area contributed by atoms with Gasteiger partial charge in [-0.15, -0.1) is 0 Å². The third-order valence-corrected chi connectivity index (χ3v) is 4.75. The molecule has 0 saturated carbocycles. The molecular formula is C18H18N2O5S. The van der Waals surface area contributed by atoms with E-state index in [-0.39, 0.29) is 18.1 Å². The minimum absolute atomic E-state index is 0.0227. The quantitative estimate of drug-likeness (QED) is 0.558. The lowest BCUT2D eigenvalue weighted by Gasteiger charge is -2.09. The Labute approximate surface area is 152 Å². The molecule has 26 heavy (non-hydrogen) atoms. The van der Waals surface area contributed by atoms with Crippen LogP contribution in [0.15, 0.2) is 53.4 Å². The van der Waals surface area contributed by atoms with Gasteiger partial charge < -0.3 is 9.47 Å². The summed E-state index contributed by atoms with van der Waals surface area (Å²) in [5.74, 6) is -0.163.